The van der Waals surface area contributed by atoms with Crippen molar-refractivity contribution in [3.63, 3.8) is 0 Å². The molecule has 0 aromatic carbocycles. The predicted molar refractivity (Wildman–Crippen MR) is 56.7 cm³/mol. The molecule has 0 saturated heterocycles. The topological polar surface area (TPSA) is 50.1 Å². The number of ether oxygens (including phenoxy) is 1. The van der Waals surface area contributed by atoms with E-state index >= 15 is 0 Å². The summed E-state index contributed by atoms with van der Waals surface area (Å²) in [5.74, 6) is -0.272. The van der Waals surface area contributed by atoms with Gasteiger partial charge in [0, 0.05) is 6.08 Å². The minimum absolute atomic E-state index is 0.198. The lowest BCUT2D eigenvalue weighted by Crippen LogP contribution is -2.30. The number of esters is 1. The molecule has 1 rings (SSSR count). The smallest absolute Gasteiger partial charge is 0.330 e. The summed E-state index contributed by atoms with van der Waals surface area (Å²) in [5, 5.41) is 8.92. The van der Waals surface area contributed by atoms with E-state index in [0.29, 0.717) is 11.5 Å². The van der Waals surface area contributed by atoms with Crippen molar-refractivity contribution in [3.05, 3.63) is 24.8 Å². The van der Waals surface area contributed by atoms with Crippen LogP contribution in [-0.4, -0.2) is 12.1 Å². The Bertz CT molecular complexity index is 327. The van der Waals surface area contributed by atoms with Crippen LogP contribution < -0.4 is 0 Å². The zero-order valence-corrected chi connectivity index (χ0v) is 8.90. The molecular weight excluding hydrogens is 190 g/mol. The van der Waals surface area contributed by atoms with Crippen LogP contribution in [0.4, 0.5) is 0 Å². The minimum atomic E-state index is -0.452. The Balaban J connectivity index is 2.71. The Kier molecular flexibility index (Phi) is 3.68. The third kappa shape index (κ3) is 2.69. The standard InChI is InChI=1S/C12H15NO2/c1-4-12(14)15-11-6-8(2)5-10(7-13)9(11)3/h4,8,10-11H,1,3,5-6H2,2H3. The number of nitrogens with zero attached hydrogens (tertiary/aromatic N) is 1. The largest absolute Gasteiger partial charge is 0.455 e. The summed E-state index contributed by atoms with van der Waals surface area (Å²) in [4.78, 5) is 11.1. The van der Waals surface area contributed by atoms with Gasteiger partial charge in [0.2, 0.25) is 0 Å². The van der Waals surface area contributed by atoms with Crippen LogP contribution >= 0.6 is 0 Å². The van der Waals surface area contributed by atoms with Gasteiger partial charge in [0.25, 0.3) is 0 Å². The fourth-order valence-electron chi connectivity index (χ4n) is 1.84. The second kappa shape index (κ2) is 4.79. The number of hydrogen-bond acceptors (Lipinski definition) is 3. The second-order valence-corrected chi connectivity index (χ2v) is 3.96. The monoisotopic (exact) mass is 205 g/mol. The molecule has 1 saturated carbocycles. The van der Waals surface area contributed by atoms with E-state index in [1.807, 2.05) is 6.92 Å². The molecule has 0 heterocycles. The lowest BCUT2D eigenvalue weighted by Gasteiger charge is -2.31. The van der Waals surface area contributed by atoms with Gasteiger partial charge >= 0.3 is 5.97 Å². The number of rotatable bonds is 2. The van der Waals surface area contributed by atoms with Gasteiger partial charge in [-0.25, -0.2) is 4.79 Å². The molecule has 3 heteroatoms. The van der Waals surface area contributed by atoms with Crippen LogP contribution in [0.5, 0.6) is 0 Å². The average molecular weight is 205 g/mol. The second-order valence-electron chi connectivity index (χ2n) is 3.96. The van der Waals surface area contributed by atoms with E-state index in [-0.39, 0.29) is 12.0 Å². The highest BCUT2D eigenvalue weighted by Crippen LogP contribution is 2.33. The van der Waals surface area contributed by atoms with E-state index in [0.717, 1.165) is 18.9 Å². The first-order valence-electron chi connectivity index (χ1n) is 4.99. The fourth-order valence-corrected chi connectivity index (χ4v) is 1.84. The highest BCUT2D eigenvalue weighted by Gasteiger charge is 2.31. The van der Waals surface area contributed by atoms with Gasteiger partial charge in [-0.15, -0.1) is 0 Å². The van der Waals surface area contributed by atoms with Crippen molar-refractivity contribution in [2.24, 2.45) is 11.8 Å². The van der Waals surface area contributed by atoms with Crippen LogP contribution in [0, 0.1) is 23.2 Å². The fraction of sp³-hybridized carbons (Fsp3) is 0.500. The van der Waals surface area contributed by atoms with E-state index in [1.54, 1.807) is 0 Å². The Hall–Kier alpha value is -1.56. The normalized spacial score (nSPS) is 30.4. The van der Waals surface area contributed by atoms with E-state index < -0.39 is 5.97 Å². The summed E-state index contributed by atoms with van der Waals surface area (Å²) in [7, 11) is 0. The first kappa shape index (κ1) is 11.5. The van der Waals surface area contributed by atoms with Gasteiger partial charge in [-0.3, -0.25) is 0 Å². The summed E-state index contributed by atoms with van der Waals surface area (Å²) >= 11 is 0. The highest BCUT2D eigenvalue weighted by atomic mass is 16.5. The Morgan fingerprint density at radius 1 is 1.67 bits per heavy atom. The molecule has 0 aromatic rings. The third-order valence-electron chi connectivity index (χ3n) is 2.70. The average Bonchev–Trinajstić information content (AvgIpc) is 2.22. The van der Waals surface area contributed by atoms with Crippen LogP contribution in [0.15, 0.2) is 24.8 Å². The van der Waals surface area contributed by atoms with E-state index in [1.165, 1.54) is 0 Å². The minimum Gasteiger partial charge on any atom is -0.455 e. The van der Waals surface area contributed by atoms with Gasteiger partial charge in [0.1, 0.15) is 6.10 Å². The summed E-state index contributed by atoms with van der Waals surface area (Å²) in [6.07, 6.45) is 2.35. The van der Waals surface area contributed by atoms with E-state index in [9.17, 15) is 4.79 Å². The summed E-state index contributed by atoms with van der Waals surface area (Å²) in [6, 6.07) is 2.19. The molecule has 3 unspecified atom stereocenters. The number of carbonyl (C=O) groups is 1. The van der Waals surface area contributed by atoms with E-state index in [4.69, 9.17) is 10.00 Å². The van der Waals surface area contributed by atoms with Crippen LogP contribution in [0.3, 0.4) is 0 Å². The molecular formula is C12H15NO2. The lowest BCUT2D eigenvalue weighted by molar-refractivity contribution is -0.142. The summed E-state index contributed by atoms with van der Waals surface area (Å²) < 4.78 is 5.15. The lowest BCUT2D eigenvalue weighted by atomic mass is 9.78. The van der Waals surface area contributed by atoms with Gasteiger partial charge in [-0.2, -0.15) is 5.26 Å². The number of carbonyl (C=O) groups excluding carboxylic acids is 1. The van der Waals surface area contributed by atoms with Gasteiger partial charge in [-0.05, 0) is 24.3 Å². The first-order chi connectivity index (χ1) is 7.08. The van der Waals surface area contributed by atoms with Gasteiger partial charge < -0.3 is 4.74 Å². The molecule has 80 valence electrons. The molecule has 1 fully saturated rings. The van der Waals surface area contributed by atoms with Crippen LogP contribution in [0.2, 0.25) is 0 Å². The molecule has 0 spiro atoms. The SMILES string of the molecule is C=CC(=O)OC1CC(C)CC(C#N)C1=C. The molecule has 1 aliphatic carbocycles. The number of hydrogen-bond donors (Lipinski definition) is 0. The third-order valence-corrected chi connectivity index (χ3v) is 2.70. The molecule has 0 amide bonds. The van der Waals surface area contributed by atoms with Crippen LogP contribution in [0.25, 0.3) is 0 Å². The Morgan fingerprint density at radius 3 is 2.87 bits per heavy atom. The van der Waals surface area contributed by atoms with Crippen LogP contribution in [-0.2, 0) is 9.53 Å². The molecule has 0 bridgehead atoms. The van der Waals surface area contributed by atoms with Crippen molar-refractivity contribution < 1.29 is 9.53 Å². The molecule has 0 aliphatic heterocycles. The van der Waals surface area contributed by atoms with Crippen molar-refractivity contribution in [3.8, 4) is 6.07 Å². The predicted octanol–water partition coefficient (Wildman–Crippen LogP) is 2.21. The summed E-state index contributed by atoms with van der Waals surface area (Å²) in [5.41, 5.74) is 0.714. The van der Waals surface area contributed by atoms with Crippen molar-refractivity contribution in [1.82, 2.24) is 0 Å². The van der Waals surface area contributed by atoms with Gasteiger partial charge in [-0.1, -0.05) is 20.1 Å². The molecule has 0 N–H and O–H groups in total. The summed E-state index contributed by atoms with van der Waals surface area (Å²) in [6.45, 7) is 9.22. The quantitative estimate of drug-likeness (QED) is 0.394. The highest BCUT2D eigenvalue weighted by molar-refractivity contribution is 5.81. The van der Waals surface area contributed by atoms with Gasteiger partial charge in [0.15, 0.2) is 0 Å². The molecule has 0 radical (unpaired) electrons. The maximum atomic E-state index is 11.1. The van der Waals surface area contributed by atoms with Crippen molar-refractivity contribution in [2.75, 3.05) is 0 Å². The maximum Gasteiger partial charge on any atom is 0.330 e. The maximum absolute atomic E-state index is 11.1. The Labute approximate surface area is 90.0 Å². The van der Waals surface area contributed by atoms with E-state index in [2.05, 4.69) is 19.2 Å². The molecule has 15 heavy (non-hydrogen) atoms. The van der Waals surface area contributed by atoms with Crippen molar-refractivity contribution >= 4 is 5.97 Å². The zero-order valence-electron chi connectivity index (χ0n) is 8.90. The molecule has 1 aliphatic rings. The van der Waals surface area contributed by atoms with Crippen molar-refractivity contribution in [1.29, 1.82) is 5.26 Å². The molecule has 0 aromatic heterocycles. The first-order valence-corrected chi connectivity index (χ1v) is 4.99. The van der Waals surface area contributed by atoms with Crippen LogP contribution in [0.1, 0.15) is 19.8 Å². The molecule has 3 atom stereocenters. The molecule has 3 nitrogen and oxygen atoms in total. The Morgan fingerprint density at radius 2 is 2.33 bits per heavy atom. The van der Waals surface area contributed by atoms with Gasteiger partial charge in [0.05, 0.1) is 12.0 Å². The number of nitriles is 1. The zero-order chi connectivity index (χ0) is 11.4. The van der Waals surface area contributed by atoms with Crippen molar-refractivity contribution in [2.45, 2.75) is 25.9 Å².